The number of nitrogens with one attached hydrogen (secondary N) is 1. The largest absolute Gasteiger partial charge is 0.464 e. The summed E-state index contributed by atoms with van der Waals surface area (Å²) in [7, 11) is 0. The summed E-state index contributed by atoms with van der Waals surface area (Å²) in [5, 5.41) is 3.58. The number of hydrogen-bond donors (Lipinski definition) is 1. The van der Waals surface area contributed by atoms with E-state index in [9.17, 15) is 0 Å². The van der Waals surface area contributed by atoms with Crippen LogP contribution in [0.3, 0.4) is 0 Å². The summed E-state index contributed by atoms with van der Waals surface area (Å²) < 4.78 is 5.82. The van der Waals surface area contributed by atoms with E-state index in [1.54, 1.807) is 11.8 Å². The van der Waals surface area contributed by atoms with Crippen LogP contribution in [0.4, 0.5) is 0 Å². The smallest absolute Gasteiger partial charge is 0.125 e. The fourth-order valence-corrected chi connectivity index (χ4v) is 2.80. The molecule has 2 nitrogen and oxygen atoms in total. The third-order valence-electron chi connectivity index (χ3n) is 3.09. The molecule has 1 unspecified atom stereocenters. The highest BCUT2D eigenvalue weighted by Gasteiger charge is 2.19. The van der Waals surface area contributed by atoms with Crippen molar-refractivity contribution in [3.05, 3.63) is 53.5 Å². The second-order valence-electron chi connectivity index (χ2n) is 4.58. The molecule has 102 valence electrons. The summed E-state index contributed by atoms with van der Waals surface area (Å²) in [6.07, 6.45) is 3.22. The van der Waals surface area contributed by atoms with Gasteiger partial charge in [0.2, 0.25) is 0 Å². The number of thioether (sulfide) groups is 1. The zero-order chi connectivity index (χ0) is 13.7. The minimum absolute atomic E-state index is 0.136. The van der Waals surface area contributed by atoms with Crippen LogP contribution in [0.2, 0.25) is 0 Å². The second-order valence-corrected chi connectivity index (χ2v) is 5.43. The Morgan fingerprint density at radius 3 is 2.63 bits per heavy atom. The number of benzene rings is 1. The van der Waals surface area contributed by atoms with Crippen LogP contribution < -0.4 is 5.32 Å². The SMILES string of the molecule is CCCNC(c1ccc(C)o1)c1ccccc1SC. The summed E-state index contributed by atoms with van der Waals surface area (Å²) >= 11 is 1.78. The molecule has 19 heavy (non-hydrogen) atoms. The molecule has 1 aromatic carbocycles. The van der Waals surface area contributed by atoms with Crippen LogP contribution >= 0.6 is 11.8 Å². The Bertz CT molecular complexity index is 521. The Labute approximate surface area is 119 Å². The van der Waals surface area contributed by atoms with Gasteiger partial charge in [-0.3, -0.25) is 0 Å². The van der Waals surface area contributed by atoms with E-state index in [-0.39, 0.29) is 6.04 Å². The van der Waals surface area contributed by atoms with Crippen molar-refractivity contribution in [1.82, 2.24) is 5.32 Å². The number of aryl methyl sites for hydroxylation is 1. The van der Waals surface area contributed by atoms with Crippen molar-refractivity contribution < 1.29 is 4.42 Å². The van der Waals surface area contributed by atoms with Gasteiger partial charge >= 0.3 is 0 Å². The molecule has 1 N–H and O–H groups in total. The molecule has 1 aromatic heterocycles. The zero-order valence-corrected chi connectivity index (χ0v) is 12.6. The van der Waals surface area contributed by atoms with Gasteiger partial charge in [-0.2, -0.15) is 0 Å². The first-order valence-electron chi connectivity index (χ1n) is 6.69. The fraction of sp³-hybridized carbons (Fsp3) is 0.375. The molecule has 2 aromatic rings. The first kappa shape index (κ1) is 14.2. The summed E-state index contributed by atoms with van der Waals surface area (Å²) in [5.41, 5.74) is 1.29. The van der Waals surface area contributed by atoms with Crippen molar-refractivity contribution in [2.75, 3.05) is 12.8 Å². The average Bonchev–Trinajstić information content (AvgIpc) is 2.86. The molecule has 0 amide bonds. The molecule has 0 spiro atoms. The van der Waals surface area contributed by atoms with E-state index in [1.807, 2.05) is 13.0 Å². The zero-order valence-electron chi connectivity index (χ0n) is 11.8. The summed E-state index contributed by atoms with van der Waals surface area (Å²) in [6.45, 7) is 5.14. The predicted octanol–water partition coefficient (Wildman–Crippen LogP) is 4.40. The van der Waals surface area contributed by atoms with Crippen LogP contribution in [0.25, 0.3) is 0 Å². The molecular weight excluding hydrogens is 254 g/mol. The van der Waals surface area contributed by atoms with Gasteiger partial charge in [-0.25, -0.2) is 0 Å². The molecule has 0 aliphatic heterocycles. The minimum atomic E-state index is 0.136. The fourth-order valence-electron chi connectivity index (χ4n) is 2.17. The summed E-state index contributed by atoms with van der Waals surface area (Å²) in [6, 6.07) is 12.7. The van der Waals surface area contributed by atoms with Crippen molar-refractivity contribution >= 4 is 11.8 Å². The molecule has 0 saturated heterocycles. The van der Waals surface area contributed by atoms with E-state index in [0.717, 1.165) is 24.5 Å². The monoisotopic (exact) mass is 275 g/mol. The van der Waals surface area contributed by atoms with Crippen molar-refractivity contribution in [1.29, 1.82) is 0 Å². The second kappa shape index (κ2) is 6.83. The van der Waals surface area contributed by atoms with E-state index < -0.39 is 0 Å². The van der Waals surface area contributed by atoms with Crippen LogP contribution in [-0.2, 0) is 0 Å². The third-order valence-corrected chi connectivity index (χ3v) is 3.91. The van der Waals surface area contributed by atoms with Gasteiger partial charge in [0.15, 0.2) is 0 Å². The molecule has 2 rings (SSSR count). The molecule has 3 heteroatoms. The van der Waals surface area contributed by atoms with Crippen LogP contribution in [0.1, 0.15) is 36.5 Å². The van der Waals surface area contributed by atoms with E-state index in [0.29, 0.717) is 0 Å². The number of rotatable bonds is 6. The molecule has 0 aliphatic carbocycles. The highest BCUT2D eigenvalue weighted by molar-refractivity contribution is 7.98. The van der Waals surface area contributed by atoms with Gasteiger partial charge in [-0.05, 0) is 49.9 Å². The maximum absolute atomic E-state index is 5.82. The quantitative estimate of drug-likeness (QED) is 0.791. The lowest BCUT2D eigenvalue weighted by Crippen LogP contribution is -2.23. The lowest BCUT2D eigenvalue weighted by atomic mass is 10.0. The Kier molecular flexibility index (Phi) is 5.11. The van der Waals surface area contributed by atoms with Crippen LogP contribution in [0, 0.1) is 6.92 Å². The van der Waals surface area contributed by atoms with Crippen molar-refractivity contribution in [2.24, 2.45) is 0 Å². The third kappa shape index (κ3) is 3.43. The van der Waals surface area contributed by atoms with E-state index >= 15 is 0 Å². The van der Waals surface area contributed by atoms with Crippen LogP contribution in [0.15, 0.2) is 45.7 Å². The highest BCUT2D eigenvalue weighted by Crippen LogP contribution is 2.31. The lowest BCUT2D eigenvalue weighted by molar-refractivity contribution is 0.428. The molecule has 0 saturated carbocycles. The van der Waals surface area contributed by atoms with Gasteiger partial charge in [0.1, 0.15) is 11.5 Å². The minimum Gasteiger partial charge on any atom is -0.464 e. The van der Waals surface area contributed by atoms with Gasteiger partial charge in [0.25, 0.3) is 0 Å². The highest BCUT2D eigenvalue weighted by atomic mass is 32.2. The number of furan rings is 1. The average molecular weight is 275 g/mol. The topological polar surface area (TPSA) is 25.2 Å². The van der Waals surface area contributed by atoms with E-state index in [1.165, 1.54) is 10.5 Å². The lowest BCUT2D eigenvalue weighted by Gasteiger charge is -2.19. The van der Waals surface area contributed by atoms with Gasteiger partial charge in [-0.15, -0.1) is 11.8 Å². The first-order chi connectivity index (χ1) is 9.26. The molecule has 0 aliphatic rings. The van der Waals surface area contributed by atoms with Gasteiger partial charge in [0.05, 0.1) is 6.04 Å². The normalized spacial score (nSPS) is 12.6. The van der Waals surface area contributed by atoms with Gasteiger partial charge < -0.3 is 9.73 Å². The van der Waals surface area contributed by atoms with E-state index in [4.69, 9.17) is 4.42 Å². The Hall–Kier alpha value is -1.19. The molecule has 0 radical (unpaired) electrons. The molecular formula is C16H21NOS. The van der Waals surface area contributed by atoms with Crippen molar-refractivity contribution in [2.45, 2.75) is 31.2 Å². The summed E-state index contributed by atoms with van der Waals surface area (Å²) in [5.74, 6) is 1.95. The Morgan fingerprint density at radius 2 is 2.00 bits per heavy atom. The van der Waals surface area contributed by atoms with Gasteiger partial charge in [-0.1, -0.05) is 25.1 Å². The van der Waals surface area contributed by atoms with Crippen LogP contribution in [-0.4, -0.2) is 12.8 Å². The van der Waals surface area contributed by atoms with Crippen molar-refractivity contribution in [3.63, 3.8) is 0 Å². The predicted molar refractivity (Wildman–Crippen MR) is 81.8 cm³/mol. The maximum atomic E-state index is 5.82. The van der Waals surface area contributed by atoms with Crippen molar-refractivity contribution in [3.8, 4) is 0 Å². The van der Waals surface area contributed by atoms with Gasteiger partial charge in [0, 0.05) is 4.90 Å². The molecule has 0 bridgehead atoms. The summed E-state index contributed by atoms with van der Waals surface area (Å²) in [4.78, 5) is 1.30. The maximum Gasteiger partial charge on any atom is 0.125 e. The Balaban J connectivity index is 2.36. The standard InChI is InChI=1S/C16H21NOS/c1-4-11-17-16(14-10-9-12(2)18-14)13-7-5-6-8-15(13)19-3/h5-10,16-17H,4,11H2,1-3H3. The first-order valence-corrected chi connectivity index (χ1v) is 7.91. The van der Waals surface area contributed by atoms with Crippen LogP contribution in [0.5, 0.6) is 0 Å². The molecule has 1 heterocycles. The molecule has 1 atom stereocenters. The Morgan fingerprint density at radius 1 is 1.21 bits per heavy atom. The van der Waals surface area contributed by atoms with E-state index in [2.05, 4.69) is 48.8 Å². The number of hydrogen-bond acceptors (Lipinski definition) is 3. The molecule has 0 fully saturated rings.